The third kappa shape index (κ3) is 3.33. The predicted octanol–water partition coefficient (Wildman–Crippen LogP) is 2.54. The summed E-state index contributed by atoms with van der Waals surface area (Å²) in [6.07, 6.45) is 0.801. The summed E-state index contributed by atoms with van der Waals surface area (Å²) in [5.74, 6) is 0.999. The minimum atomic E-state index is -3.67. The highest BCUT2D eigenvalue weighted by Gasteiger charge is 2.41. The molecule has 3 rings (SSSR count). The van der Waals surface area contributed by atoms with Crippen LogP contribution in [0.5, 0.6) is 11.5 Å². The highest BCUT2D eigenvalue weighted by molar-refractivity contribution is 7.89. The van der Waals surface area contributed by atoms with E-state index in [0.29, 0.717) is 11.5 Å². The lowest BCUT2D eigenvalue weighted by Gasteiger charge is -2.12. The first-order chi connectivity index (χ1) is 11.0. The fourth-order valence-corrected chi connectivity index (χ4v) is 4.12. The molecular weight excluding hydrogens is 314 g/mol. The van der Waals surface area contributed by atoms with Crippen molar-refractivity contribution in [2.24, 2.45) is 0 Å². The molecule has 1 saturated carbocycles. The quantitative estimate of drug-likeness (QED) is 0.882. The summed E-state index contributed by atoms with van der Waals surface area (Å²) in [5.41, 5.74) is 1.15. The predicted molar refractivity (Wildman–Crippen MR) is 87.5 cm³/mol. The van der Waals surface area contributed by atoms with Crippen LogP contribution in [0.1, 0.15) is 17.9 Å². The van der Waals surface area contributed by atoms with Gasteiger partial charge in [-0.05, 0) is 24.1 Å². The Kier molecular flexibility index (Phi) is 4.28. The minimum absolute atomic E-state index is 0.0849. The first-order valence-corrected chi connectivity index (χ1v) is 8.83. The number of hydrogen-bond acceptors (Lipinski definition) is 4. The lowest BCUT2D eigenvalue weighted by molar-refractivity contribution is 0.392. The minimum Gasteiger partial charge on any atom is -0.497 e. The first kappa shape index (κ1) is 15.8. The number of nitrogens with one attached hydrogen (secondary N) is 1. The second kappa shape index (κ2) is 6.22. The summed E-state index contributed by atoms with van der Waals surface area (Å²) < 4.78 is 38.4. The van der Waals surface area contributed by atoms with Gasteiger partial charge in [0.1, 0.15) is 16.4 Å². The third-order valence-electron chi connectivity index (χ3n) is 3.98. The van der Waals surface area contributed by atoms with Crippen molar-refractivity contribution in [2.75, 3.05) is 14.2 Å². The molecule has 1 fully saturated rings. The SMILES string of the molecule is COc1ccc(OC)c(S(=O)(=O)NC2CC2c2ccccc2)c1. The van der Waals surface area contributed by atoms with Crippen LogP contribution in [0.2, 0.25) is 0 Å². The summed E-state index contributed by atoms with van der Waals surface area (Å²) in [6.45, 7) is 0. The molecule has 1 aliphatic rings. The van der Waals surface area contributed by atoms with E-state index in [1.165, 1.54) is 20.3 Å². The number of ether oxygens (including phenoxy) is 2. The molecule has 0 aromatic heterocycles. The van der Waals surface area contributed by atoms with E-state index < -0.39 is 10.0 Å². The zero-order chi connectivity index (χ0) is 16.4. The van der Waals surface area contributed by atoms with Crippen LogP contribution in [0.25, 0.3) is 0 Å². The van der Waals surface area contributed by atoms with E-state index in [-0.39, 0.29) is 16.9 Å². The van der Waals surface area contributed by atoms with E-state index in [1.54, 1.807) is 12.1 Å². The number of benzene rings is 2. The Labute approximate surface area is 136 Å². The average molecular weight is 333 g/mol. The molecule has 2 aromatic carbocycles. The lowest BCUT2D eigenvalue weighted by Crippen LogP contribution is -2.27. The van der Waals surface area contributed by atoms with Crippen LogP contribution in [0.4, 0.5) is 0 Å². The molecule has 2 unspecified atom stereocenters. The molecule has 0 saturated heterocycles. The second-order valence-electron chi connectivity index (χ2n) is 5.50. The lowest BCUT2D eigenvalue weighted by atomic mass is 10.1. The molecule has 122 valence electrons. The van der Waals surface area contributed by atoms with Gasteiger partial charge < -0.3 is 9.47 Å². The van der Waals surface area contributed by atoms with E-state index in [1.807, 2.05) is 30.3 Å². The monoisotopic (exact) mass is 333 g/mol. The maximum Gasteiger partial charge on any atom is 0.244 e. The fraction of sp³-hybridized carbons (Fsp3) is 0.294. The van der Waals surface area contributed by atoms with Crippen molar-refractivity contribution >= 4 is 10.0 Å². The molecule has 0 spiro atoms. The smallest absolute Gasteiger partial charge is 0.244 e. The largest absolute Gasteiger partial charge is 0.497 e. The van der Waals surface area contributed by atoms with Crippen molar-refractivity contribution in [2.45, 2.75) is 23.3 Å². The summed E-state index contributed by atoms with van der Waals surface area (Å²) in [6, 6.07) is 14.6. The molecule has 2 atom stereocenters. The zero-order valence-corrected chi connectivity index (χ0v) is 13.8. The topological polar surface area (TPSA) is 64.6 Å². The van der Waals surface area contributed by atoms with Gasteiger partial charge in [-0.25, -0.2) is 13.1 Å². The molecule has 2 aromatic rings. The summed E-state index contributed by atoms with van der Waals surface area (Å²) >= 11 is 0. The van der Waals surface area contributed by atoms with Gasteiger partial charge in [-0.3, -0.25) is 0 Å². The zero-order valence-electron chi connectivity index (χ0n) is 13.0. The Morgan fingerprint density at radius 2 is 1.78 bits per heavy atom. The molecule has 23 heavy (non-hydrogen) atoms. The van der Waals surface area contributed by atoms with E-state index in [9.17, 15) is 8.42 Å². The molecular formula is C17H19NO4S. The van der Waals surface area contributed by atoms with Crippen molar-refractivity contribution in [3.05, 3.63) is 54.1 Å². The van der Waals surface area contributed by atoms with Gasteiger partial charge in [-0.15, -0.1) is 0 Å². The van der Waals surface area contributed by atoms with Crippen LogP contribution in [0.3, 0.4) is 0 Å². The molecule has 5 nitrogen and oxygen atoms in total. The van der Waals surface area contributed by atoms with Gasteiger partial charge in [-0.2, -0.15) is 0 Å². The highest BCUT2D eigenvalue weighted by Crippen LogP contribution is 2.42. The van der Waals surface area contributed by atoms with Crippen molar-refractivity contribution in [3.8, 4) is 11.5 Å². The Balaban J connectivity index is 1.81. The molecule has 0 aliphatic heterocycles. The van der Waals surface area contributed by atoms with Gasteiger partial charge in [0.25, 0.3) is 0 Å². The second-order valence-corrected chi connectivity index (χ2v) is 7.18. The van der Waals surface area contributed by atoms with E-state index in [4.69, 9.17) is 9.47 Å². The molecule has 6 heteroatoms. The normalized spacial score (nSPS) is 20.1. The summed E-state index contributed by atoms with van der Waals surface area (Å²) in [7, 11) is -0.721. The van der Waals surface area contributed by atoms with Gasteiger partial charge >= 0.3 is 0 Å². The van der Waals surface area contributed by atoms with Crippen LogP contribution < -0.4 is 14.2 Å². The molecule has 0 bridgehead atoms. The standard InChI is InChI=1S/C17H19NO4S/c1-21-13-8-9-16(22-2)17(10-13)23(19,20)18-15-11-14(15)12-6-4-3-5-7-12/h3-10,14-15,18H,11H2,1-2H3. The molecule has 0 heterocycles. The maximum atomic E-state index is 12.7. The van der Waals surface area contributed by atoms with Gasteiger partial charge in [0.2, 0.25) is 10.0 Å². The summed E-state index contributed by atoms with van der Waals surface area (Å²) in [5, 5.41) is 0. The van der Waals surface area contributed by atoms with Crippen LogP contribution in [0, 0.1) is 0 Å². The molecule has 0 radical (unpaired) electrons. The number of rotatable bonds is 6. The number of methoxy groups -OCH3 is 2. The van der Waals surface area contributed by atoms with Crippen molar-refractivity contribution < 1.29 is 17.9 Å². The van der Waals surface area contributed by atoms with E-state index in [2.05, 4.69) is 4.72 Å². The van der Waals surface area contributed by atoms with Gasteiger partial charge in [-0.1, -0.05) is 30.3 Å². The molecule has 1 N–H and O–H groups in total. The van der Waals surface area contributed by atoms with Gasteiger partial charge in [0.15, 0.2) is 0 Å². The van der Waals surface area contributed by atoms with Crippen LogP contribution >= 0.6 is 0 Å². The number of sulfonamides is 1. The third-order valence-corrected chi connectivity index (χ3v) is 5.50. The van der Waals surface area contributed by atoms with Crippen molar-refractivity contribution in [1.82, 2.24) is 4.72 Å². The molecule has 1 aliphatic carbocycles. The van der Waals surface area contributed by atoms with Gasteiger partial charge in [0, 0.05) is 18.0 Å². The van der Waals surface area contributed by atoms with E-state index >= 15 is 0 Å². The summed E-state index contributed by atoms with van der Waals surface area (Å²) in [4.78, 5) is 0.0954. The Hall–Kier alpha value is -2.05. The van der Waals surface area contributed by atoms with Crippen LogP contribution in [0.15, 0.2) is 53.4 Å². The first-order valence-electron chi connectivity index (χ1n) is 7.34. The van der Waals surface area contributed by atoms with Crippen molar-refractivity contribution in [3.63, 3.8) is 0 Å². The maximum absolute atomic E-state index is 12.7. The van der Waals surface area contributed by atoms with Gasteiger partial charge in [0.05, 0.1) is 14.2 Å². The van der Waals surface area contributed by atoms with Crippen LogP contribution in [-0.4, -0.2) is 28.7 Å². The highest BCUT2D eigenvalue weighted by atomic mass is 32.2. The Morgan fingerprint density at radius 3 is 2.43 bits per heavy atom. The Bertz CT molecular complexity index is 789. The average Bonchev–Trinajstić information content (AvgIpc) is 3.33. The van der Waals surface area contributed by atoms with Crippen molar-refractivity contribution in [1.29, 1.82) is 0 Å². The number of hydrogen-bond donors (Lipinski definition) is 1. The van der Waals surface area contributed by atoms with Crippen LogP contribution in [-0.2, 0) is 10.0 Å². The Morgan fingerprint density at radius 1 is 1.04 bits per heavy atom. The molecule has 0 amide bonds. The fourth-order valence-electron chi connectivity index (χ4n) is 2.65. The van der Waals surface area contributed by atoms with E-state index in [0.717, 1.165) is 12.0 Å².